The van der Waals surface area contributed by atoms with E-state index in [2.05, 4.69) is 0 Å². The molecule has 0 heterocycles. The van der Waals surface area contributed by atoms with Gasteiger partial charge in [-0.2, -0.15) is 0 Å². The summed E-state index contributed by atoms with van der Waals surface area (Å²) in [5, 5.41) is 7.19. The van der Waals surface area contributed by atoms with Crippen LogP contribution in [-0.4, -0.2) is 5.11 Å². The van der Waals surface area contributed by atoms with Gasteiger partial charge in [0.05, 0.1) is 0 Å². The largest absolute Gasteiger partial charge is 0.503 e. The number of rotatable bonds is 0. The molecule has 0 aliphatic carbocycles. The fourth-order valence-electron chi connectivity index (χ4n) is 0. The molecule has 0 rings (SSSR count). The second-order valence-corrected chi connectivity index (χ2v) is 0.238. The van der Waals surface area contributed by atoms with Crippen molar-refractivity contribution in [3.05, 3.63) is 12.6 Å². The number of aliphatic hydroxyl groups is 1. The van der Waals surface area contributed by atoms with Gasteiger partial charge in [0.25, 0.3) is 0 Å². The van der Waals surface area contributed by atoms with Gasteiger partial charge in [-0.1, -0.05) is 0 Å². The van der Waals surface area contributed by atoms with Crippen molar-refractivity contribution in [1.82, 2.24) is 0 Å². The van der Waals surface area contributed by atoms with Crippen LogP contribution in [0.3, 0.4) is 0 Å². The maximum atomic E-state index is 10.2. The van der Waals surface area contributed by atoms with Crippen LogP contribution in [0.1, 0.15) is 0 Å². The molecule has 23 valence electrons. The highest BCUT2D eigenvalue weighted by molar-refractivity contribution is 4.39. The number of aliphatic hydroxyl groups excluding tert-OH is 1. The maximum Gasteiger partial charge on any atom is 0.188 e. The molecule has 1 nitrogen and oxygen atoms in total. The summed E-state index contributed by atoms with van der Waals surface area (Å²) in [6.45, 7) is 0. The van der Waals surface area contributed by atoms with Crippen molar-refractivity contribution in [2.24, 2.45) is 0 Å². The average Bonchev–Trinajstić information content (AvgIpc) is 1.37. The van der Waals surface area contributed by atoms with Gasteiger partial charge in [0.1, 0.15) is 6.33 Å². The van der Waals surface area contributed by atoms with Crippen molar-refractivity contribution in [3.63, 3.8) is 0 Å². The van der Waals surface area contributed by atoms with E-state index in [1.54, 1.807) is 0 Å². The third kappa shape index (κ3) is 1.47. The predicted molar refractivity (Wildman–Crippen MR) is 11.5 cm³/mol. The standard InChI is InChI=1S/C2H2FO/c3-1-2-4/h1,4H. The van der Waals surface area contributed by atoms with E-state index in [1.807, 2.05) is 0 Å². The molecule has 0 unspecified atom stereocenters. The first-order valence-electron chi connectivity index (χ1n) is 0.730. The van der Waals surface area contributed by atoms with Gasteiger partial charge in [0.15, 0.2) is 6.26 Å². The Morgan fingerprint density at radius 3 is 2.25 bits per heavy atom. The Kier molecular flexibility index (Phi) is 2.14. The van der Waals surface area contributed by atoms with Gasteiger partial charge < -0.3 is 5.11 Å². The van der Waals surface area contributed by atoms with Gasteiger partial charge in [-0.3, -0.25) is 0 Å². The van der Waals surface area contributed by atoms with Crippen LogP contribution in [0, 0.1) is 6.26 Å². The molecule has 1 N–H and O–H groups in total. The van der Waals surface area contributed by atoms with E-state index in [1.165, 1.54) is 0 Å². The molecule has 0 aliphatic rings. The molecule has 0 aromatic carbocycles. The second kappa shape index (κ2) is 2.47. The van der Waals surface area contributed by atoms with Crippen LogP contribution in [0.4, 0.5) is 4.39 Å². The molecule has 0 aromatic heterocycles. The van der Waals surface area contributed by atoms with Gasteiger partial charge in [-0.25, -0.2) is 4.39 Å². The van der Waals surface area contributed by atoms with Crippen LogP contribution in [0.15, 0.2) is 6.33 Å². The summed E-state index contributed by atoms with van der Waals surface area (Å²) in [5.74, 6) is 0. The van der Waals surface area contributed by atoms with E-state index in [-0.39, 0.29) is 6.33 Å². The summed E-state index contributed by atoms with van der Waals surface area (Å²) in [4.78, 5) is 0. The number of halogens is 1. The third-order valence-corrected chi connectivity index (χ3v) is 0.0488. The van der Waals surface area contributed by atoms with Crippen LogP contribution in [-0.2, 0) is 0 Å². The summed E-state index contributed by atoms with van der Waals surface area (Å²) in [5.41, 5.74) is 0. The summed E-state index contributed by atoms with van der Waals surface area (Å²) in [7, 11) is 0. The fourth-order valence-corrected chi connectivity index (χ4v) is 0. The van der Waals surface area contributed by atoms with Gasteiger partial charge in [0, 0.05) is 0 Å². The molecule has 4 heavy (non-hydrogen) atoms. The summed E-state index contributed by atoms with van der Waals surface area (Å²) in [6.07, 6.45) is 1.07. The predicted octanol–water partition coefficient (Wildman–Crippen LogP) is 0.788. The Morgan fingerprint density at radius 1 is 2.00 bits per heavy atom. The Labute approximate surface area is 23.4 Å². The zero-order valence-corrected chi connectivity index (χ0v) is 1.90. The SMILES string of the molecule is O[C]=CF. The highest BCUT2D eigenvalue weighted by atomic mass is 19.1. The normalized spacial score (nSPS) is 9.25. The maximum absolute atomic E-state index is 10.2. The number of hydrogen-bond acceptors (Lipinski definition) is 1. The summed E-state index contributed by atoms with van der Waals surface area (Å²) < 4.78 is 10.2. The van der Waals surface area contributed by atoms with E-state index in [4.69, 9.17) is 5.11 Å². The molecule has 0 amide bonds. The monoisotopic (exact) mass is 61.0 g/mol. The average molecular weight is 61.0 g/mol. The van der Waals surface area contributed by atoms with E-state index < -0.39 is 0 Å². The topological polar surface area (TPSA) is 20.2 Å². The Morgan fingerprint density at radius 2 is 2.25 bits per heavy atom. The van der Waals surface area contributed by atoms with E-state index >= 15 is 0 Å². The molecule has 0 fully saturated rings. The quantitative estimate of drug-likeness (QED) is 0.410. The zero-order chi connectivity index (χ0) is 3.41. The first kappa shape index (κ1) is 3.47. The summed E-state index contributed by atoms with van der Waals surface area (Å²) in [6, 6.07) is 0. The Hall–Kier alpha value is -0.530. The van der Waals surface area contributed by atoms with E-state index in [9.17, 15) is 4.39 Å². The van der Waals surface area contributed by atoms with Crippen molar-refractivity contribution in [2.75, 3.05) is 0 Å². The van der Waals surface area contributed by atoms with Crippen LogP contribution in [0.5, 0.6) is 0 Å². The minimum absolute atomic E-state index is 0.0694. The molecule has 1 radical (unpaired) electrons. The summed E-state index contributed by atoms with van der Waals surface area (Å²) >= 11 is 0. The smallest absolute Gasteiger partial charge is 0.188 e. The lowest BCUT2D eigenvalue weighted by molar-refractivity contribution is 0.425. The van der Waals surface area contributed by atoms with Crippen LogP contribution >= 0.6 is 0 Å². The van der Waals surface area contributed by atoms with Crippen molar-refractivity contribution in [1.29, 1.82) is 0 Å². The lowest BCUT2D eigenvalue weighted by atomic mass is 11.1. The van der Waals surface area contributed by atoms with Crippen molar-refractivity contribution in [2.45, 2.75) is 0 Å². The highest BCUT2D eigenvalue weighted by Gasteiger charge is 1.43. The molecule has 0 aliphatic heterocycles. The molecule has 0 atom stereocenters. The van der Waals surface area contributed by atoms with Crippen LogP contribution < -0.4 is 0 Å². The van der Waals surface area contributed by atoms with Crippen LogP contribution in [0.25, 0.3) is 0 Å². The second-order valence-electron chi connectivity index (χ2n) is 0.238. The highest BCUT2D eigenvalue weighted by Crippen LogP contribution is 1.56. The lowest BCUT2D eigenvalue weighted by Crippen LogP contribution is -1.37. The van der Waals surface area contributed by atoms with Crippen LogP contribution in [0.2, 0.25) is 0 Å². The number of hydrogen-bond donors (Lipinski definition) is 1. The minimum atomic E-state index is -0.0694. The minimum Gasteiger partial charge on any atom is -0.503 e. The first-order chi connectivity index (χ1) is 1.91. The molecule has 0 spiro atoms. The molecule has 0 saturated carbocycles. The Balaban J connectivity index is 2.55. The molecule has 2 heteroatoms. The Bertz CT molecular complexity index is 21.2. The third-order valence-electron chi connectivity index (χ3n) is 0.0488. The van der Waals surface area contributed by atoms with E-state index in [0.29, 0.717) is 0 Å². The van der Waals surface area contributed by atoms with Gasteiger partial charge in [-0.15, -0.1) is 0 Å². The molecule has 0 saturated heterocycles. The van der Waals surface area contributed by atoms with E-state index in [0.717, 1.165) is 6.26 Å². The molecular weight excluding hydrogens is 59.0 g/mol. The van der Waals surface area contributed by atoms with Gasteiger partial charge >= 0.3 is 0 Å². The van der Waals surface area contributed by atoms with Gasteiger partial charge in [-0.05, 0) is 0 Å². The first-order valence-corrected chi connectivity index (χ1v) is 0.730. The zero-order valence-electron chi connectivity index (χ0n) is 1.90. The molecule has 0 aromatic rings. The molecule has 0 bridgehead atoms. The van der Waals surface area contributed by atoms with Gasteiger partial charge in [0.2, 0.25) is 0 Å². The van der Waals surface area contributed by atoms with Crippen molar-refractivity contribution < 1.29 is 9.50 Å². The fraction of sp³-hybridized carbons (Fsp3) is 0. The molecular formula is C2H2FO. The van der Waals surface area contributed by atoms with Crippen molar-refractivity contribution in [3.8, 4) is 0 Å². The lowest BCUT2D eigenvalue weighted by Gasteiger charge is -1.47. The van der Waals surface area contributed by atoms with Crippen molar-refractivity contribution >= 4 is 0 Å².